The van der Waals surface area contributed by atoms with Gasteiger partial charge >= 0.3 is 12.1 Å². The second-order valence-electron chi connectivity index (χ2n) is 7.14. The lowest BCUT2D eigenvalue weighted by atomic mass is 9.97. The highest BCUT2D eigenvalue weighted by atomic mass is 16.5. The van der Waals surface area contributed by atoms with Gasteiger partial charge in [-0.1, -0.05) is 6.08 Å². The predicted molar refractivity (Wildman–Crippen MR) is 88.7 cm³/mol. The van der Waals surface area contributed by atoms with Gasteiger partial charge in [0.2, 0.25) is 0 Å². The standard InChI is InChI=1S/C16H29N3O5/c1-15(2)9-11(16(3,4)19(15)23)10-24-14(22)18-8-6-5-7-12(17)13(20)21/h9,12,23H,5-8,10,17H2,1-4H3,(H,18,22)(H,20,21). The molecule has 0 spiro atoms. The monoisotopic (exact) mass is 343 g/mol. The van der Waals surface area contributed by atoms with Crippen LogP contribution in [0.3, 0.4) is 0 Å². The van der Waals surface area contributed by atoms with Crippen molar-refractivity contribution in [3.05, 3.63) is 11.6 Å². The Kier molecular flexibility index (Phi) is 6.76. The van der Waals surface area contributed by atoms with Crippen LogP contribution >= 0.6 is 0 Å². The fourth-order valence-electron chi connectivity index (χ4n) is 2.74. The number of carboxylic acid groups (broad SMARTS) is 1. The normalized spacial score (nSPS) is 20.3. The van der Waals surface area contributed by atoms with Crippen molar-refractivity contribution in [2.45, 2.75) is 64.1 Å². The van der Waals surface area contributed by atoms with Gasteiger partial charge in [-0.25, -0.2) is 4.79 Å². The minimum absolute atomic E-state index is 0.100. The molecule has 0 aromatic heterocycles. The van der Waals surface area contributed by atoms with Crippen molar-refractivity contribution >= 4 is 12.1 Å². The summed E-state index contributed by atoms with van der Waals surface area (Å²) in [5.74, 6) is -1.02. The molecule has 1 aliphatic heterocycles. The summed E-state index contributed by atoms with van der Waals surface area (Å²) in [5, 5.41) is 22.7. The molecule has 8 nitrogen and oxygen atoms in total. The number of hydrogen-bond acceptors (Lipinski definition) is 6. The fraction of sp³-hybridized carbons (Fsp3) is 0.750. The summed E-state index contributed by atoms with van der Waals surface area (Å²) in [6.07, 6.45) is 2.96. The lowest BCUT2D eigenvalue weighted by Crippen LogP contribution is -2.48. The van der Waals surface area contributed by atoms with Crippen LogP contribution in [0, 0.1) is 0 Å². The van der Waals surface area contributed by atoms with Gasteiger partial charge in [-0.15, -0.1) is 0 Å². The van der Waals surface area contributed by atoms with Crippen LogP contribution in [0.1, 0.15) is 47.0 Å². The Hall–Kier alpha value is -1.64. The first-order chi connectivity index (χ1) is 11.0. The van der Waals surface area contributed by atoms with E-state index < -0.39 is 29.2 Å². The molecule has 24 heavy (non-hydrogen) atoms. The summed E-state index contributed by atoms with van der Waals surface area (Å²) in [5.41, 5.74) is 5.11. The van der Waals surface area contributed by atoms with Crippen molar-refractivity contribution in [3.8, 4) is 0 Å². The summed E-state index contributed by atoms with van der Waals surface area (Å²) >= 11 is 0. The van der Waals surface area contributed by atoms with E-state index in [4.69, 9.17) is 15.6 Å². The average Bonchev–Trinajstić information content (AvgIpc) is 2.64. The second-order valence-corrected chi connectivity index (χ2v) is 7.14. The van der Waals surface area contributed by atoms with E-state index in [9.17, 15) is 14.8 Å². The highest BCUT2D eigenvalue weighted by Gasteiger charge is 2.45. The number of hydroxylamine groups is 2. The number of ether oxygens (including phenoxy) is 1. The Morgan fingerprint density at radius 1 is 1.33 bits per heavy atom. The third-order valence-electron chi connectivity index (χ3n) is 4.28. The van der Waals surface area contributed by atoms with Gasteiger partial charge in [0.05, 0.1) is 11.1 Å². The van der Waals surface area contributed by atoms with Crippen LogP contribution in [-0.4, -0.2) is 57.7 Å². The zero-order valence-corrected chi connectivity index (χ0v) is 14.8. The number of carbonyl (C=O) groups is 2. The van der Waals surface area contributed by atoms with Crippen LogP contribution in [0.5, 0.6) is 0 Å². The van der Waals surface area contributed by atoms with E-state index in [1.807, 2.05) is 33.8 Å². The van der Waals surface area contributed by atoms with Gasteiger partial charge in [0, 0.05) is 6.54 Å². The van der Waals surface area contributed by atoms with Crippen molar-refractivity contribution in [2.75, 3.05) is 13.2 Å². The zero-order chi connectivity index (χ0) is 18.5. The Balaban J connectivity index is 2.29. The van der Waals surface area contributed by atoms with Crippen LogP contribution in [0.4, 0.5) is 4.79 Å². The van der Waals surface area contributed by atoms with E-state index >= 15 is 0 Å². The van der Waals surface area contributed by atoms with Crippen molar-refractivity contribution < 1.29 is 24.6 Å². The number of nitrogens with one attached hydrogen (secondary N) is 1. The lowest BCUT2D eigenvalue weighted by Gasteiger charge is -2.36. The highest BCUT2D eigenvalue weighted by molar-refractivity contribution is 5.72. The van der Waals surface area contributed by atoms with Crippen molar-refractivity contribution in [1.82, 2.24) is 10.4 Å². The summed E-state index contributed by atoms with van der Waals surface area (Å²) in [7, 11) is 0. The molecule has 0 bridgehead atoms. The van der Waals surface area contributed by atoms with Crippen LogP contribution < -0.4 is 11.1 Å². The van der Waals surface area contributed by atoms with E-state index in [0.717, 1.165) is 5.57 Å². The van der Waals surface area contributed by atoms with Crippen LogP contribution in [0.15, 0.2) is 11.6 Å². The Bertz CT molecular complexity index is 502. The Labute approximate surface area is 142 Å². The minimum Gasteiger partial charge on any atom is -0.480 e. The maximum atomic E-state index is 11.7. The molecule has 0 aromatic carbocycles. The predicted octanol–water partition coefficient (Wildman–Crippen LogP) is 1.48. The minimum atomic E-state index is -1.02. The summed E-state index contributed by atoms with van der Waals surface area (Å²) < 4.78 is 5.19. The second kappa shape index (κ2) is 7.96. The molecule has 1 amide bonds. The third-order valence-corrected chi connectivity index (χ3v) is 4.28. The van der Waals surface area contributed by atoms with Gasteiger partial charge in [-0.2, -0.15) is 5.06 Å². The number of carboxylic acids is 1. The first-order valence-corrected chi connectivity index (χ1v) is 8.09. The largest absolute Gasteiger partial charge is 0.480 e. The van der Waals surface area contributed by atoms with Crippen LogP contribution in [0.25, 0.3) is 0 Å². The molecule has 1 heterocycles. The van der Waals surface area contributed by atoms with Crippen molar-refractivity contribution in [2.24, 2.45) is 5.73 Å². The molecule has 1 aliphatic rings. The van der Waals surface area contributed by atoms with Gasteiger partial charge in [0.15, 0.2) is 0 Å². The maximum absolute atomic E-state index is 11.7. The Morgan fingerprint density at radius 3 is 2.46 bits per heavy atom. The third kappa shape index (κ3) is 5.19. The van der Waals surface area contributed by atoms with E-state index in [0.29, 0.717) is 25.8 Å². The van der Waals surface area contributed by atoms with Crippen LogP contribution in [-0.2, 0) is 9.53 Å². The number of nitrogens with two attached hydrogens (primary N) is 1. The summed E-state index contributed by atoms with van der Waals surface area (Å²) in [4.78, 5) is 22.3. The van der Waals surface area contributed by atoms with Gasteiger partial charge in [0.25, 0.3) is 0 Å². The molecule has 1 atom stereocenters. The smallest absolute Gasteiger partial charge is 0.407 e. The summed E-state index contributed by atoms with van der Waals surface area (Å²) in [6, 6.07) is -0.863. The molecule has 138 valence electrons. The first-order valence-electron chi connectivity index (χ1n) is 8.09. The van der Waals surface area contributed by atoms with Gasteiger partial charge in [-0.3, -0.25) is 4.79 Å². The topological polar surface area (TPSA) is 125 Å². The summed E-state index contributed by atoms with van der Waals surface area (Å²) in [6.45, 7) is 7.98. The quantitative estimate of drug-likeness (QED) is 0.388. The fourth-order valence-corrected chi connectivity index (χ4v) is 2.74. The number of alkyl carbamates (subject to hydrolysis) is 1. The van der Waals surface area contributed by atoms with E-state index in [-0.39, 0.29) is 6.61 Å². The maximum Gasteiger partial charge on any atom is 0.407 e. The molecular formula is C16H29N3O5. The molecule has 0 saturated carbocycles. The van der Waals surface area contributed by atoms with Crippen molar-refractivity contribution in [1.29, 1.82) is 0 Å². The molecule has 1 rings (SSSR count). The molecule has 0 saturated heterocycles. The van der Waals surface area contributed by atoms with E-state index in [2.05, 4.69) is 5.32 Å². The lowest BCUT2D eigenvalue weighted by molar-refractivity contribution is -0.186. The molecule has 0 fully saturated rings. The number of unbranched alkanes of at least 4 members (excludes halogenated alkanes) is 1. The molecular weight excluding hydrogens is 314 g/mol. The van der Waals surface area contributed by atoms with E-state index in [1.54, 1.807) is 0 Å². The number of rotatable bonds is 8. The Morgan fingerprint density at radius 2 is 1.96 bits per heavy atom. The molecule has 1 unspecified atom stereocenters. The van der Waals surface area contributed by atoms with Gasteiger partial charge < -0.3 is 26.1 Å². The molecule has 0 radical (unpaired) electrons. The number of hydrogen-bond donors (Lipinski definition) is 4. The SMILES string of the molecule is CC1(C)C=C(COC(=O)NCCCCC(N)C(=O)O)C(C)(C)N1O. The molecule has 5 N–H and O–H groups in total. The highest BCUT2D eigenvalue weighted by Crippen LogP contribution is 2.38. The van der Waals surface area contributed by atoms with Crippen LogP contribution in [0.2, 0.25) is 0 Å². The number of aliphatic carboxylic acids is 1. The first kappa shape index (κ1) is 20.4. The van der Waals surface area contributed by atoms with Crippen molar-refractivity contribution in [3.63, 3.8) is 0 Å². The number of nitrogens with zero attached hydrogens (tertiary/aromatic N) is 1. The number of amides is 1. The number of carbonyl (C=O) groups excluding carboxylic acids is 1. The zero-order valence-electron chi connectivity index (χ0n) is 14.8. The van der Waals surface area contributed by atoms with E-state index in [1.165, 1.54) is 5.06 Å². The molecule has 0 aromatic rings. The van der Waals surface area contributed by atoms with Gasteiger partial charge in [0.1, 0.15) is 12.6 Å². The molecule has 8 heteroatoms. The molecule has 0 aliphatic carbocycles. The van der Waals surface area contributed by atoms with Gasteiger partial charge in [-0.05, 0) is 52.5 Å². The average molecular weight is 343 g/mol.